The van der Waals surface area contributed by atoms with Crippen LogP contribution in [0, 0.1) is 5.92 Å². The largest absolute Gasteiger partial charge is 0.493 e. The number of hydrogen-bond donors (Lipinski definition) is 2. The van der Waals surface area contributed by atoms with E-state index in [4.69, 9.17) is 14.2 Å². The van der Waals surface area contributed by atoms with Crippen molar-refractivity contribution >= 4 is 17.7 Å². The van der Waals surface area contributed by atoms with Gasteiger partial charge in [-0.2, -0.15) is 0 Å². The number of methoxy groups -OCH3 is 3. The first kappa shape index (κ1) is 20.3. The first-order valence-electron chi connectivity index (χ1n) is 8.57. The Balaban J connectivity index is 2.03. The second-order valence-corrected chi connectivity index (χ2v) is 6.16. The molecule has 0 unspecified atom stereocenters. The highest BCUT2D eigenvalue weighted by Crippen LogP contribution is 2.38. The number of hydrazine groups is 1. The number of nitrogens with zero attached hydrogens (tertiary/aromatic N) is 1. The number of benzene rings is 1. The SMILES string of the molecule is COc1cc(C(=O)NNC(=O)[C@@H]2CCCN(C(C)=O)C2)cc(OC)c1OC. The molecule has 3 amide bonds. The number of ether oxygens (including phenoxy) is 3. The summed E-state index contributed by atoms with van der Waals surface area (Å²) in [5, 5.41) is 0. The van der Waals surface area contributed by atoms with Crippen LogP contribution in [0.15, 0.2) is 12.1 Å². The van der Waals surface area contributed by atoms with Crippen LogP contribution in [0.25, 0.3) is 0 Å². The number of nitrogens with one attached hydrogen (secondary N) is 2. The number of rotatable bonds is 5. The fourth-order valence-corrected chi connectivity index (χ4v) is 2.98. The Morgan fingerprint density at radius 2 is 1.67 bits per heavy atom. The van der Waals surface area contributed by atoms with Crippen LogP contribution in [0.5, 0.6) is 17.2 Å². The molecule has 1 fully saturated rings. The van der Waals surface area contributed by atoms with Gasteiger partial charge in [0.15, 0.2) is 11.5 Å². The van der Waals surface area contributed by atoms with E-state index < -0.39 is 5.91 Å². The third kappa shape index (κ3) is 4.81. The summed E-state index contributed by atoms with van der Waals surface area (Å²) in [6.45, 7) is 2.48. The summed E-state index contributed by atoms with van der Waals surface area (Å²) in [6.07, 6.45) is 1.41. The van der Waals surface area contributed by atoms with E-state index in [1.54, 1.807) is 4.90 Å². The fourth-order valence-electron chi connectivity index (χ4n) is 2.98. The van der Waals surface area contributed by atoms with Crippen molar-refractivity contribution in [2.24, 2.45) is 5.92 Å². The average Bonchev–Trinajstić information content (AvgIpc) is 2.70. The van der Waals surface area contributed by atoms with Gasteiger partial charge in [0.25, 0.3) is 5.91 Å². The van der Waals surface area contributed by atoms with E-state index in [9.17, 15) is 14.4 Å². The van der Waals surface area contributed by atoms with E-state index in [1.165, 1.54) is 40.4 Å². The zero-order valence-electron chi connectivity index (χ0n) is 16.0. The van der Waals surface area contributed by atoms with Gasteiger partial charge in [-0.05, 0) is 25.0 Å². The molecule has 27 heavy (non-hydrogen) atoms. The van der Waals surface area contributed by atoms with Crippen LogP contribution in [0.1, 0.15) is 30.1 Å². The van der Waals surface area contributed by atoms with Crippen LogP contribution in [0.4, 0.5) is 0 Å². The summed E-state index contributed by atoms with van der Waals surface area (Å²) in [4.78, 5) is 37.8. The Hall–Kier alpha value is -2.97. The first-order valence-corrected chi connectivity index (χ1v) is 8.57. The van der Waals surface area contributed by atoms with Crippen molar-refractivity contribution in [3.63, 3.8) is 0 Å². The predicted molar refractivity (Wildman–Crippen MR) is 96.7 cm³/mol. The van der Waals surface area contributed by atoms with Crippen molar-refractivity contribution in [3.8, 4) is 17.2 Å². The molecule has 0 bridgehead atoms. The summed E-state index contributed by atoms with van der Waals surface area (Å²) in [7, 11) is 4.37. The van der Waals surface area contributed by atoms with E-state index in [2.05, 4.69) is 10.9 Å². The molecule has 1 aliphatic heterocycles. The average molecular weight is 379 g/mol. The quantitative estimate of drug-likeness (QED) is 0.731. The zero-order valence-corrected chi connectivity index (χ0v) is 16.0. The molecule has 0 spiro atoms. The van der Waals surface area contributed by atoms with Gasteiger partial charge in [-0.1, -0.05) is 0 Å². The molecule has 0 radical (unpaired) electrons. The van der Waals surface area contributed by atoms with Crippen molar-refractivity contribution < 1.29 is 28.6 Å². The minimum absolute atomic E-state index is 0.0611. The summed E-state index contributed by atoms with van der Waals surface area (Å²) in [6, 6.07) is 2.97. The number of carbonyl (C=O) groups is 3. The molecule has 0 aliphatic carbocycles. The smallest absolute Gasteiger partial charge is 0.269 e. The van der Waals surface area contributed by atoms with Gasteiger partial charge in [-0.15, -0.1) is 0 Å². The molecular formula is C18H25N3O6. The van der Waals surface area contributed by atoms with E-state index in [-0.39, 0.29) is 23.3 Å². The Bertz CT molecular complexity index is 696. The maximum Gasteiger partial charge on any atom is 0.269 e. The molecule has 148 valence electrons. The second-order valence-electron chi connectivity index (χ2n) is 6.16. The standard InChI is InChI=1S/C18H25N3O6/c1-11(22)21-7-5-6-12(10-21)17(23)19-20-18(24)13-8-14(25-2)16(27-4)15(9-13)26-3/h8-9,12H,5-7,10H2,1-4H3,(H,19,23)(H,20,24)/t12-/m1/s1. The lowest BCUT2D eigenvalue weighted by atomic mass is 9.97. The summed E-state index contributed by atoms with van der Waals surface area (Å²) < 4.78 is 15.6. The van der Waals surface area contributed by atoms with Gasteiger partial charge in [0.2, 0.25) is 17.6 Å². The van der Waals surface area contributed by atoms with Gasteiger partial charge < -0.3 is 19.1 Å². The highest BCUT2D eigenvalue weighted by molar-refractivity contribution is 5.97. The Morgan fingerprint density at radius 1 is 1.04 bits per heavy atom. The zero-order chi connectivity index (χ0) is 20.0. The summed E-state index contributed by atoms with van der Waals surface area (Å²) >= 11 is 0. The van der Waals surface area contributed by atoms with Crippen molar-refractivity contribution in [2.75, 3.05) is 34.4 Å². The molecule has 1 atom stereocenters. The molecule has 1 aromatic rings. The van der Waals surface area contributed by atoms with Crippen molar-refractivity contribution in [1.29, 1.82) is 0 Å². The number of amides is 3. The third-order valence-corrected chi connectivity index (χ3v) is 4.46. The second kappa shape index (κ2) is 9.11. The Morgan fingerprint density at radius 3 is 2.19 bits per heavy atom. The number of piperidine rings is 1. The molecule has 1 heterocycles. The van der Waals surface area contributed by atoms with Crippen molar-refractivity contribution in [2.45, 2.75) is 19.8 Å². The van der Waals surface area contributed by atoms with Crippen LogP contribution in [-0.4, -0.2) is 57.0 Å². The molecule has 1 aromatic carbocycles. The van der Waals surface area contributed by atoms with Gasteiger partial charge in [0.1, 0.15) is 0 Å². The van der Waals surface area contributed by atoms with E-state index in [1.807, 2.05) is 0 Å². The Kier molecular flexibility index (Phi) is 6.86. The van der Waals surface area contributed by atoms with Gasteiger partial charge in [0.05, 0.1) is 27.2 Å². The lowest BCUT2D eigenvalue weighted by Gasteiger charge is -2.31. The molecule has 1 saturated heterocycles. The van der Waals surface area contributed by atoms with Crippen LogP contribution in [-0.2, 0) is 9.59 Å². The van der Waals surface area contributed by atoms with Gasteiger partial charge in [-0.25, -0.2) is 0 Å². The molecule has 0 saturated carbocycles. The van der Waals surface area contributed by atoms with E-state index >= 15 is 0 Å². The third-order valence-electron chi connectivity index (χ3n) is 4.46. The molecule has 2 rings (SSSR count). The molecule has 0 aromatic heterocycles. The number of likely N-dealkylation sites (tertiary alicyclic amines) is 1. The maximum absolute atomic E-state index is 12.4. The molecule has 2 N–H and O–H groups in total. The summed E-state index contributed by atoms with van der Waals surface area (Å²) in [5.41, 5.74) is 5.05. The minimum atomic E-state index is -0.526. The molecule has 9 heteroatoms. The van der Waals surface area contributed by atoms with Gasteiger partial charge in [0, 0.05) is 25.6 Å². The van der Waals surface area contributed by atoms with Crippen molar-refractivity contribution in [3.05, 3.63) is 17.7 Å². The normalized spacial score (nSPS) is 16.3. The fraction of sp³-hybridized carbons (Fsp3) is 0.500. The van der Waals surface area contributed by atoms with Crippen LogP contribution < -0.4 is 25.1 Å². The number of carbonyl (C=O) groups excluding carboxylic acids is 3. The molecular weight excluding hydrogens is 354 g/mol. The van der Waals surface area contributed by atoms with Crippen LogP contribution in [0.3, 0.4) is 0 Å². The maximum atomic E-state index is 12.4. The van der Waals surface area contributed by atoms with Gasteiger partial charge in [-0.3, -0.25) is 25.2 Å². The number of hydrogen-bond acceptors (Lipinski definition) is 6. The predicted octanol–water partition coefficient (Wildman–Crippen LogP) is 0.732. The van der Waals surface area contributed by atoms with E-state index in [0.717, 1.165) is 6.42 Å². The monoisotopic (exact) mass is 379 g/mol. The molecule has 9 nitrogen and oxygen atoms in total. The topological polar surface area (TPSA) is 106 Å². The van der Waals surface area contributed by atoms with Crippen LogP contribution >= 0.6 is 0 Å². The first-order chi connectivity index (χ1) is 12.9. The highest BCUT2D eigenvalue weighted by atomic mass is 16.5. The highest BCUT2D eigenvalue weighted by Gasteiger charge is 2.27. The Labute approximate surface area is 157 Å². The van der Waals surface area contributed by atoms with E-state index in [0.29, 0.717) is 36.8 Å². The lowest BCUT2D eigenvalue weighted by molar-refractivity contribution is -0.134. The summed E-state index contributed by atoms with van der Waals surface area (Å²) in [5.74, 6) is -0.247. The van der Waals surface area contributed by atoms with Crippen LogP contribution in [0.2, 0.25) is 0 Å². The molecule has 1 aliphatic rings. The lowest BCUT2D eigenvalue weighted by Crippen LogP contribution is -2.49. The van der Waals surface area contributed by atoms with Crippen molar-refractivity contribution in [1.82, 2.24) is 15.8 Å². The van der Waals surface area contributed by atoms with Gasteiger partial charge >= 0.3 is 0 Å². The minimum Gasteiger partial charge on any atom is -0.493 e.